The highest BCUT2D eigenvalue weighted by Gasteiger charge is 2.05. The SMILES string of the molecule is Nc1nc(Cl)nc(OCc2ccccc2Cl)n1. The van der Waals surface area contributed by atoms with Crippen molar-refractivity contribution in [3.63, 3.8) is 0 Å². The number of hydrogen-bond donors (Lipinski definition) is 1. The minimum atomic E-state index is -0.00772. The molecule has 0 unspecified atom stereocenters. The van der Waals surface area contributed by atoms with Crippen molar-refractivity contribution in [2.45, 2.75) is 6.61 Å². The van der Waals surface area contributed by atoms with Crippen LogP contribution in [0.5, 0.6) is 6.01 Å². The van der Waals surface area contributed by atoms with Gasteiger partial charge in [0.25, 0.3) is 0 Å². The molecule has 17 heavy (non-hydrogen) atoms. The van der Waals surface area contributed by atoms with Gasteiger partial charge in [-0.3, -0.25) is 0 Å². The number of nitrogens with two attached hydrogens (primary N) is 1. The average Bonchev–Trinajstić information content (AvgIpc) is 2.27. The zero-order valence-corrected chi connectivity index (χ0v) is 10.1. The second kappa shape index (κ2) is 5.16. The van der Waals surface area contributed by atoms with Crippen LogP contribution in [0.15, 0.2) is 24.3 Å². The van der Waals surface area contributed by atoms with Gasteiger partial charge in [0, 0.05) is 10.6 Å². The molecule has 0 amide bonds. The number of hydrogen-bond acceptors (Lipinski definition) is 5. The van der Waals surface area contributed by atoms with Crippen LogP contribution in [0.3, 0.4) is 0 Å². The largest absolute Gasteiger partial charge is 0.458 e. The Bertz CT molecular complexity index is 515. The first-order valence-electron chi connectivity index (χ1n) is 4.68. The van der Waals surface area contributed by atoms with Crippen molar-refractivity contribution >= 4 is 29.2 Å². The van der Waals surface area contributed by atoms with E-state index in [1.165, 1.54) is 0 Å². The zero-order chi connectivity index (χ0) is 12.3. The molecule has 0 saturated heterocycles. The summed E-state index contributed by atoms with van der Waals surface area (Å²) in [6, 6.07) is 7.38. The fourth-order valence-corrected chi connectivity index (χ4v) is 1.52. The molecule has 0 bridgehead atoms. The Labute approximate surface area is 108 Å². The number of nitrogen functional groups attached to an aromatic ring is 1. The molecule has 0 atom stereocenters. The minimum absolute atomic E-state index is 0.00772. The van der Waals surface area contributed by atoms with Gasteiger partial charge in [-0.2, -0.15) is 15.0 Å². The smallest absolute Gasteiger partial charge is 0.322 e. The molecule has 1 heterocycles. The van der Waals surface area contributed by atoms with E-state index in [2.05, 4.69) is 15.0 Å². The van der Waals surface area contributed by atoms with Crippen LogP contribution >= 0.6 is 23.2 Å². The van der Waals surface area contributed by atoms with Gasteiger partial charge in [0.1, 0.15) is 6.61 Å². The maximum Gasteiger partial charge on any atom is 0.322 e. The lowest BCUT2D eigenvalue weighted by Gasteiger charge is -2.06. The molecular weight excluding hydrogens is 263 g/mol. The van der Waals surface area contributed by atoms with E-state index in [1.807, 2.05) is 18.2 Å². The van der Waals surface area contributed by atoms with E-state index in [4.69, 9.17) is 33.7 Å². The number of nitrogens with zero attached hydrogens (tertiary/aromatic N) is 3. The predicted molar refractivity (Wildman–Crippen MR) is 65.0 cm³/mol. The topological polar surface area (TPSA) is 73.9 Å². The van der Waals surface area contributed by atoms with Gasteiger partial charge < -0.3 is 10.5 Å². The summed E-state index contributed by atoms with van der Waals surface area (Å²) in [5.74, 6) is 0.0131. The number of anilines is 1. The van der Waals surface area contributed by atoms with Gasteiger partial charge in [0.2, 0.25) is 11.2 Å². The Morgan fingerprint density at radius 1 is 1.12 bits per heavy atom. The number of halogens is 2. The summed E-state index contributed by atoms with van der Waals surface area (Å²) in [6.45, 7) is 0.236. The summed E-state index contributed by atoms with van der Waals surface area (Å²) in [6.07, 6.45) is 0. The molecule has 5 nitrogen and oxygen atoms in total. The van der Waals surface area contributed by atoms with Crippen LogP contribution in [0.25, 0.3) is 0 Å². The summed E-state index contributed by atoms with van der Waals surface area (Å²) in [5.41, 5.74) is 6.23. The van der Waals surface area contributed by atoms with Crippen molar-refractivity contribution in [3.8, 4) is 6.01 Å². The molecule has 7 heteroatoms. The fourth-order valence-electron chi connectivity index (χ4n) is 1.17. The van der Waals surface area contributed by atoms with Gasteiger partial charge in [-0.25, -0.2) is 0 Å². The van der Waals surface area contributed by atoms with Crippen molar-refractivity contribution in [1.82, 2.24) is 15.0 Å². The highest BCUT2D eigenvalue weighted by Crippen LogP contribution is 2.17. The van der Waals surface area contributed by atoms with Gasteiger partial charge in [-0.15, -0.1) is 0 Å². The van der Waals surface area contributed by atoms with Crippen LogP contribution in [0.4, 0.5) is 5.95 Å². The van der Waals surface area contributed by atoms with E-state index < -0.39 is 0 Å². The third kappa shape index (κ3) is 3.18. The summed E-state index contributed by atoms with van der Waals surface area (Å²) < 4.78 is 5.32. The van der Waals surface area contributed by atoms with E-state index in [0.717, 1.165) is 5.56 Å². The number of benzene rings is 1. The summed E-state index contributed by atoms with van der Waals surface area (Å²) in [4.78, 5) is 11.2. The van der Waals surface area contributed by atoms with Gasteiger partial charge >= 0.3 is 6.01 Å². The van der Waals surface area contributed by atoms with E-state index >= 15 is 0 Å². The van der Waals surface area contributed by atoms with Gasteiger partial charge in [-0.1, -0.05) is 29.8 Å². The maximum atomic E-state index is 5.97. The van der Waals surface area contributed by atoms with E-state index in [9.17, 15) is 0 Å². The van der Waals surface area contributed by atoms with Crippen LogP contribution in [-0.2, 0) is 6.61 Å². The number of rotatable bonds is 3. The quantitative estimate of drug-likeness (QED) is 0.927. The molecule has 1 aromatic heterocycles. The van der Waals surface area contributed by atoms with Gasteiger partial charge in [0.05, 0.1) is 0 Å². The second-order valence-electron chi connectivity index (χ2n) is 3.13. The van der Waals surface area contributed by atoms with Crippen LogP contribution in [-0.4, -0.2) is 15.0 Å². The zero-order valence-electron chi connectivity index (χ0n) is 8.60. The van der Waals surface area contributed by atoms with Crippen LogP contribution < -0.4 is 10.5 Å². The van der Waals surface area contributed by atoms with Crippen molar-refractivity contribution in [2.75, 3.05) is 5.73 Å². The first-order chi connectivity index (χ1) is 8.15. The second-order valence-corrected chi connectivity index (χ2v) is 3.87. The van der Waals surface area contributed by atoms with Crippen molar-refractivity contribution in [2.24, 2.45) is 0 Å². The number of aromatic nitrogens is 3. The summed E-state index contributed by atoms with van der Waals surface area (Å²) in [7, 11) is 0. The van der Waals surface area contributed by atoms with E-state index in [-0.39, 0.29) is 23.8 Å². The summed E-state index contributed by atoms with van der Waals surface area (Å²) in [5, 5.41) is 0.604. The van der Waals surface area contributed by atoms with Crippen LogP contribution in [0, 0.1) is 0 Å². The third-order valence-electron chi connectivity index (χ3n) is 1.92. The highest BCUT2D eigenvalue weighted by atomic mass is 35.5. The Morgan fingerprint density at radius 2 is 1.88 bits per heavy atom. The predicted octanol–water partition coefficient (Wildman–Crippen LogP) is 2.34. The lowest BCUT2D eigenvalue weighted by Crippen LogP contribution is -2.04. The highest BCUT2D eigenvalue weighted by molar-refractivity contribution is 6.31. The van der Waals surface area contributed by atoms with E-state index in [0.29, 0.717) is 5.02 Å². The Hall–Kier alpha value is -1.59. The molecule has 0 aliphatic carbocycles. The monoisotopic (exact) mass is 270 g/mol. The molecule has 0 aliphatic heterocycles. The molecule has 0 radical (unpaired) electrons. The molecule has 0 aliphatic rings. The first-order valence-corrected chi connectivity index (χ1v) is 5.44. The minimum Gasteiger partial charge on any atom is -0.458 e. The standard InChI is InChI=1S/C10H8Cl2N4O/c11-7-4-2-1-3-6(7)5-17-10-15-8(12)14-9(13)16-10/h1-4H,5H2,(H2,13,14,15,16). The average molecular weight is 271 g/mol. The Morgan fingerprint density at radius 3 is 2.59 bits per heavy atom. The molecule has 88 valence electrons. The normalized spacial score (nSPS) is 10.2. The first kappa shape index (κ1) is 11.9. The summed E-state index contributed by atoms with van der Waals surface area (Å²) >= 11 is 11.6. The molecule has 1 aromatic carbocycles. The Kier molecular flexibility index (Phi) is 3.61. The third-order valence-corrected chi connectivity index (χ3v) is 2.46. The molecule has 2 aromatic rings. The lowest BCUT2D eigenvalue weighted by atomic mass is 10.2. The molecule has 0 saturated carbocycles. The molecule has 2 N–H and O–H groups in total. The Balaban J connectivity index is 2.10. The van der Waals surface area contributed by atoms with E-state index in [1.54, 1.807) is 6.07 Å². The number of ether oxygens (including phenoxy) is 1. The molecule has 2 rings (SSSR count). The lowest BCUT2D eigenvalue weighted by molar-refractivity contribution is 0.280. The molecule has 0 fully saturated rings. The van der Waals surface area contributed by atoms with Crippen molar-refractivity contribution in [1.29, 1.82) is 0 Å². The van der Waals surface area contributed by atoms with Crippen LogP contribution in [0.1, 0.15) is 5.56 Å². The van der Waals surface area contributed by atoms with Gasteiger partial charge in [0.15, 0.2) is 0 Å². The molecular formula is C10H8Cl2N4O. The van der Waals surface area contributed by atoms with Gasteiger partial charge in [-0.05, 0) is 17.7 Å². The molecule has 0 spiro atoms. The van der Waals surface area contributed by atoms with Crippen LogP contribution in [0.2, 0.25) is 10.3 Å². The fraction of sp³-hybridized carbons (Fsp3) is 0.100. The van der Waals surface area contributed by atoms with Crippen molar-refractivity contribution in [3.05, 3.63) is 40.1 Å². The maximum absolute atomic E-state index is 5.97. The van der Waals surface area contributed by atoms with Crippen molar-refractivity contribution < 1.29 is 4.74 Å².